The summed E-state index contributed by atoms with van der Waals surface area (Å²) in [6.45, 7) is 5.68. The molecule has 1 heterocycles. The Labute approximate surface area is 166 Å². The van der Waals surface area contributed by atoms with Gasteiger partial charge in [0.2, 0.25) is 5.88 Å². The first kappa shape index (κ1) is 20.0. The van der Waals surface area contributed by atoms with E-state index in [1.54, 1.807) is 19.2 Å². The molecule has 1 atom stereocenters. The monoisotopic (exact) mass is 378 g/mol. The molecule has 4 heteroatoms. The maximum absolute atomic E-state index is 12.8. The third kappa shape index (κ3) is 5.62. The number of nitrogens with zero attached hydrogens (tertiary/aromatic N) is 2. The van der Waals surface area contributed by atoms with E-state index in [4.69, 9.17) is 4.74 Å². The number of benzene rings is 2. The van der Waals surface area contributed by atoms with Crippen molar-refractivity contribution in [2.45, 2.75) is 45.2 Å². The molecule has 0 saturated heterocycles. The minimum atomic E-state index is -0.683. The molecule has 2 aromatic carbocycles. The third-order valence-electron chi connectivity index (χ3n) is 4.72. The minimum Gasteiger partial charge on any atom is -0.472 e. The summed E-state index contributed by atoms with van der Waals surface area (Å²) in [5.41, 5.74) is 5.25. The summed E-state index contributed by atoms with van der Waals surface area (Å²) in [6.07, 6.45) is 7.51. The van der Waals surface area contributed by atoms with Gasteiger partial charge in [0.15, 0.2) is 0 Å². The molecule has 0 amide bonds. The van der Waals surface area contributed by atoms with Crippen LogP contribution in [0.5, 0.6) is 5.88 Å². The Morgan fingerprint density at radius 2 is 1.82 bits per heavy atom. The van der Waals surface area contributed by atoms with Crippen molar-refractivity contribution in [1.82, 2.24) is 9.97 Å². The lowest BCUT2D eigenvalue weighted by Crippen LogP contribution is -1.96. The Hall–Kier alpha value is -2.75. The predicted molar refractivity (Wildman–Crippen MR) is 113 cm³/mol. The van der Waals surface area contributed by atoms with Gasteiger partial charge in [0.25, 0.3) is 0 Å². The first-order valence-corrected chi connectivity index (χ1v) is 9.89. The van der Waals surface area contributed by atoms with Crippen LogP contribution in [0, 0.1) is 0 Å². The Kier molecular flexibility index (Phi) is 7.12. The Bertz CT molecular complexity index is 906. The number of rotatable bonds is 10. The number of fused-ring (bicyclic) bond motifs is 1. The number of halogens is 1. The van der Waals surface area contributed by atoms with E-state index >= 15 is 0 Å². The largest absolute Gasteiger partial charge is 0.472 e. The van der Waals surface area contributed by atoms with E-state index in [1.807, 2.05) is 12.1 Å². The van der Waals surface area contributed by atoms with Gasteiger partial charge in [-0.1, -0.05) is 55.8 Å². The maximum Gasteiger partial charge on any atom is 0.233 e. The number of ether oxygens (including phenoxy) is 1. The molecule has 0 radical (unpaired) electrons. The standard InChI is InChI=1S/C24H27FN2O/c1-3-15-28-24-17-26-23-16-21(13-14-22(23)27-24)20-11-9-19(10-12-20)8-6-4-5-7-18(2)25/h3,9-14,16-18H,1,4-8,15H2,2H3. The van der Waals surface area contributed by atoms with E-state index < -0.39 is 6.17 Å². The molecule has 28 heavy (non-hydrogen) atoms. The molecule has 146 valence electrons. The van der Waals surface area contributed by atoms with Crippen molar-refractivity contribution in [2.75, 3.05) is 6.61 Å². The molecule has 0 aliphatic heterocycles. The van der Waals surface area contributed by atoms with E-state index in [9.17, 15) is 4.39 Å². The minimum absolute atomic E-state index is 0.416. The van der Waals surface area contributed by atoms with Crippen LogP contribution in [0.4, 0.5) is 4.39 Å². The van der Waals surface area contributed by atoms with Crippen LogP contribution in [-0.4, -0.2) is 22.7 Å². The van der Waals surface area contributed by atoms with Crippen molar-refractivity contribution in [3.05, 3.63) is 66.9 Å². The van der Waals surface area contributed by atoms with Crippen molar-refractivity contribution in [3.8, 4) is 17.0 Å². The molecule has 1 aromatic heterocycles. The second kappa shape index (κ2) is 9.98. The molecule has 3 aromatic rings. The van der Waals surface area contributed by atoms with Crippen LogP contribution in [0.3, 0.4) is 0 Å². The van der Waals surface area contributed by atoms with Crippen molar-refractivity contribution < 1.29 is 9.13 Å². The summed E-state index contributed by atoms with van der Waals surface area (Å²) in [6, 6.07) is 14.7. The van der Waals surface area contributed by atoms with E-state index in [0.29, 0.717) is 18.9 Å². The molecule has 1 unspecified atom stereocenters. The number of hydrogen-bond acceptors (Lipinski definition) is 3. The number of aryl methyl sites for hydroxylation is 1. The maximum atomic E-state index is 12.8. The van der Waals surface area contributed by atoms with Gasteiger partial charge < -0.3 is 4.74 Å². The van der Waals surface area contributed by atoms with Crippen LogP contribution in [-0.2, 0) is 6.42 Å². The van der Waals surface area contributed by atoms with Gasteiger partial charge in [-0.3, -0.25) is 0 Å². The van der Waals surface area contributed by atoms with Crippen LogP contribution in [0.1, 0.15) is 38.2 Å². The lowest BCUT2D eigenvalue weighted by Gasteiger charge is -2.07. The van der Waals surface area contributed by atoms with Crippen LogP contribution in [0.15, 0.2) is 61.3 Å². The highest BCUT2D eigenvalue weighted by atomic mass is 19.1. The SMILES string of the molecule is C=CCOc1cnc2cc(-c3ccc(CCCCCC(C)F)cc3)ccc2n1. The highest BCUT2D eigenvalue weighted by Gasteiger charge is 2.05. The van der Waals surface area contributed by atoms with E-state index in [2.05, 4.69) is 46.9 Å². The first-order valence-electron chi connectivity index (χ1n) is 9.89. The number of aromatic nitrogens is 2. The smallest absolute Gasteiger partial charge is 0.233 e. The van der Waals surface area contributed by atoms with Crippen molar-refractivity contribution in [3.63, 3.8) is 0 Å². The molecule has 0 spiro atoms. The highest BCUT2D eigenvalue weighted by Crippen LogP contribution is 2.24. The van der Waals surface area contributed by atoms with Crippen LogP contribution < -0.4 is 4.74 Å². The lowest BCUT2D eigenvalue weighted by molar-refractivity contribution is 0.330. The summed E-state index contributed by atoms with van der Waals surface area (Å²) in [5, 5.41) is 0. The fourth-order valence-corrected chi connectivity index (χ4v) is 3.18. The van der Waals surface area contributed by atoms with Gasteiger partial charge in [0, 0.05) is 0 Å². The van der Waals surface area contributed by atoms with E-state index in [0.717, 1.165) is 47.8 Å². The summed E-state index contributed by atoms with van der Waals surface area (Å²) in [5.74, 6) is 0.505. The molecular formula is C24H27FN2O. The zero-order valence-electron chi connectivity index (χ0n) is 16.4. The topological polar surface area (TPSA) is 35.0 Å². The second-order valence-electron chi connectivity index (χ2n) is 7.09. The van der Waals surface area contributed by atoms with Gasteiger partial charge in [-0.05, 0) is 55.0 Å². The number of hydrogen-bond donors (Lipinski definition) is 0. The average molecular weight is 378 g/mol. The molecular weight excluding hydrogens is 351 g/mol. The predicted octanol–water partition coefficient (Wildman–Crippen LogP) is 6.32. The Morgan fingerprint density at radius 1 is 1.04 bits per heavy atom. The zero-order chi connectivity index (χ0) is 19.8. The molecule has 0 fully saturated rings. The first-order chi connectivity index (χ1) is 13.7. The van der Waals surface area contributed by atoms with Gasteiger partial charge in [-0.2, -0.15) is 0 Å². The Morgan fingerprint density at radius 3 is 2.57 bits per heavy atom. The molecule has 0 N–H and O–H groups in total. The van der Waals surface area contributed by atoms with Gasteiger partial charge in [-0.15, -0.1) is 0 Å². The molecule has 3 nitrogen and oxygen atoms in total. The molecule has 3 rings (SSSR count). The second-order valence-corrected chi connectivity index (χ2v) is 7.09. The average Bonchev–Trinajstić information content (AvgIpc) is 2.71. The number of unbranched alkanes of at least 4 members (excludes halogenated alkanes) is 2. The van der Waals surface area contributed by atoms with Crippen molar-refractivity contribution in [2.24, 2.45) is 0 Å². The van der Waals surface area contributed by atoms with Crippen molar-refractivity contribution >= 4 is 11.0 Å². The molecule has 0 aliphatic carbocycles. The van der Waals surface area contributed by atoms with Crippen LogP contribution >= 0.6 is 0 Å². The summed E-state index contributed by atoms with van der Waals surface area (Å²) >= 11 is 0. The van der Waals surface area contributed by atoms with Gasteiger partial charge in [0.05, 0.1) is 23.4 Å². The van der Waals surface area contributed by atoms with Crippen molar-refractivity contribution in [1.29, 1.82) is 0 Å². The molecule has 0 bridgehead atoms. The molecule has 0 aliphatic rings. The molecule has 0 saturated carbocycles. The van der Waals surface area contributed by atoms with E-state index in [-0.39, 0.29) is 0 Å². The highest BCUT2D eigenvalue weighted by molar-refractivity contribution is 5.81. The summed E-state index contributed by atoms with van der Waals surface area (Å²) < 4.78 is 18.2. The summed E-state index contributed by atoms with van der Waals surface area (Å²) in [4.78, 5) is 8.92. The van der Waals surface area contributed by atoms with Crippen LogP contribution in [0.2, 0.25) is 0 Å². The van der Waals surface area contributed by atoms with Gasteiger partial charge in [0.1, 0.15) is 6.61 Å². The fraction of sp³-hybridized carbons (Fsp3) is 0.333. The fourth-order valence-electron chi connectivity index (χ4n) is 3.18. The summed E-state index contributed by atoms with van der Waals surface area (Å²) in [7, 11) is 0. The third-order valence-corrected chi connectivity index (χ3v) is 4.72. The normalized spacial score (nSPS) is 12.1. The Balaban J connectivity index is 1.62. The van der Waals surface area contributed by atoms with Gasteiger partial charge >= 0.3 is 0 Å². The van der Waals surface area contributed by atoms with E-state index in [1.165, 1.54) is 5.56 Å². The lowest BCUT2D eigenvalue weighted by atomic mass is 10.0. The number of alkyl halides is 1. The quantitative estimate of drug-likeness (QED) is 0.306. The van der Waals surface area contributed by atoms with Gasteiger partial charge in [-0.25, -0.2) is 14.4 Å². The van der Waals surface area contributed by atoms with Crippen LogP contribution in [0.25, 0.3) is 22.2 Å². The zero-order valence-corrected chi connectivity index (χ0v) is 16.4.